The van der Waals surface area contributed by atoms with Gasteiger partial charge in [0, 0.05) is 14.7 Å². The molecule has 30 heavy (non-hydrogen) atoms. The van der Waals surface area contributed by atoms with Gasteiger partial charge in [0.15, 0.2) is 0 Å². The van der Waals surface area contributed by atoms with Gasteiger partial charge in [0.05, 0.1) is 0 Å². The Hall–Kier alpha value is -1.89. The fraction of sp³-hybridized carbons (Fsp3) is 0.250. The zero-order chi connectivity index (χ0) is 20.6. The summed E-state index contributed by atoms with van der Waals surface area (Å²) in [5, 5.41) is 0. The van der Waals surface area contributed by atoms with Crippen LogP contribution in [0.2, 0.25) is 0 Å². The SMILES string of the molecule is Cc1ccc([S])c(C)c1.Cc1ccc([S])c(C)c1.Cc1ccc([S])c(C)c1.F.F.F. The van der Waals surface area contributed by atoms with Crippen molar-refractivity contribution >= 4 is 37.9 Å². The molecule has 3 aromatic carbocycles. The van der Waals surface area contributed by atoms with E-state index in [-0.39, 0.29) is 14.1 Å². The molecule has 0 fully saturated rings. The van der Waals surface area contributed by atoms with Crippen LogP contribution >= 0.6 is 37.9 Å². The number of halogens is 3. The summed E-state index contributed by atoms with van der Waals surface area (Å²) >= 11 is 15.0. The molecule has 0 spiro atoms. The maximum Gasteiger partial charge on any atom is 0.0406 e. The van der Waals surface area contributed by atoms with Crippen LogP contribution in [-0.4, -0.2) is 0 Å². The van der Waals surface area contributed by atoms with E-state index in [0.29, 0.717) is 0 Å². The molecule has 6 heteroatoms. The first-order chi connectivity index (χ1) is 12.6. The van der Waals surface area contributed by atoms with Crippen LogP contribution in [0.15, 0.2) is 69.3 Å². The normalized spacial score (nSPS) is 8.60. The average molecular weight is 472 g/mol. The topological polar surface area (TPSA) is 0 Å². The number of aryl methyl sites for hydroxylation is 6. The van der Waals surface area contributed by atoms with Crippen molar-refractivity contribution in [3.63, 3.8) is 0 Å². The van der Waals surface area contributed by atoms with Gasteiger partial charge in [0.1, 0.15) is 0 Å². The predicted octanol–water partition coefficient (Wildman–Crippen LogP) is 9.04. The van der Waals surface area contributed by atoms with Crippen LogP contribution in [0.3, 0.4) is 0 Å². The van der Waals surface area contributed by atoms with Gasteiger partial charge in [-0.15, -0.1) is 0 Å². The average Bonchev–Trinajstić information content (AvgIpc) is 2.60. The Kier molecular flexibility index (Phi) is 17.3. The van der Waals surface area contributed by atoms with Gasteiger partial charge in [-0.3, -0.25) is 14.1 Å². The molecule has 0 nitrogen and oxygen atoms in total. The maximum absolute atomic E-state index is 5.01. The van der Waals surface area contributed by atoms with Crippen LogP contribution in [0, 0.1) is 41.5 Å². The summed E-state index contributed by atoms with van der Waals surface area (Å²) < 4.78 is 0. The third kappa shape index (κ3) is 12.0. The molecule has 165 valence electrons. The predicted molar refractivity (Wildman–Crippen MR) is 133 cm³/mol. The first-order valence-corrected chi connectivity index (χ1v) is 10.1. The van der Waals surface area contributed by atoms with E-state index < -0.39 is 0 Å². The van der Waals surface area contributed by atoms with E-state index in [4.69, 9.17) is 37.9 Å². The molecule has 3 rings (SSSR count). The number of hydrogen-bond donors (Lipinski definition) is 0. The minimum Gasteiger partial charge on any atom is -0.269 e. The van der Waals surface area contributed by atoms with Crippen molar-refractivity contribution in [3.05, 3.63) is 88.0 Å². The van der Waals surface area contributed by atoms with Crippen LogP contribution in [0.4, 0.5) is 14.1 Å². The van der Waals surface area contributed by atoms with E-state index in [0.717, 1.165) is 14.7 Å². The molecule has 0 aliphatic heterocycles. The smallest absolute Gasteiger partial charge is 0.0406 e. The second-order valence-electron chi connectivity index (χ2n) is 6.81. The Morgan fingerprint density at radius 2 is 0.600 bits per heavy atom. The highest BCUT2D eigenvalue weighted by Crippen LogP contribution is 2.14. The fourth-order valence-corrected chi connectivity index (χ4v) is 2.78. The fourth-order valence-electron chi connectivity index (χ4n) is 2.40. The molecule has 0 heterocycles. The summed E-state index contributed by atoms with van der Waals surface area (Å²) in [6.45, 7) is 12.3. The molecule has 0 saturated heterocycles. The quantitative estimate of drug-likeness (QED) is 0.307. The van der Waals surface area contributed by atoms with Crippen molar-refractivity contribution in [2.24, 2.45) is 0 Å². The molecular weight excluding hydrogens is 441 g/mol. The summed E-state index contributed by atoms with van der Waals surface area (Å²) in [7, 11) is 0. The first kappa shape index (κ1) is 32.8. The van der Waals surface area contributed by atoms with Gasteiger partial charge >= 0.3 is 0 Å². The van der Waals surface area contributed by atoms with Gasteiger partial charge in [-0.05, 0) is 76.4 Å². The minimum absolute atomic E-state index is 0. The largest absolute Gasteiger partial charge is 0.269 e. The molecule has 0 aromatic heterocycles. The highest BCUT2D eigenvalue weighted by Gasteiger charge is 1.92. The van der Waals surface area contributed by atoms with Gasteiger partial charge < -0.3 is 0 Å². The van der Waals surface area contributed by atoms with Crippen LogP contribution in [-0.2, 0) is 0 Å². The Balaban J connectivity index is -0.000000347. The van der Waals surface area contributed by atoms with E-state index in [1.807, 2.05) is 57.2 Å². The van der Waals surface area contributed by atoms with E-state index in [2.05, 4.69) is 39.0 Å². The molecule has 0 amide bonds. The van der Waals surface area contributed by atoms with Crippen molar-refractivity contribution in [3.8, 4) is 0 Å². The van der Waals surface area contributed by atoms with Gasteiger partial charge in [-0.25, -0.2) is 0 Å². The lowest BCUT2D eigenvalue weighted by Crippen LogP contribution is -1.76. The van der Waals surface area contributed by atoms with Crippen LogP contribution < -0.4 is 0 Å². The molecule has 0 unspecified atom stereocenters. The van der Waals surface area contributed by atoms with Gasteiger partial charge in [0.25, 0.3) is 0 Å². The molecule has 0 bridgehead atoms. The lowest BCUT2D eigenvalue weighted by Gasteiger charge is -1.96. The monoisotopic (exact) mass is 471 g/mol. The lowest BCUT2D eigenvalue weighted by atomic mass is 10.2. The van der Waals surface area contributed by atoms with Crippen LogP contribution in [0.5, 0.6) is 0 Å². The van der Waals surface area contributed by atoms with Gasteiger partial charge in [-0.2, -0.15) is 0 Å². The first-order valence-electron chi connectivity index (χ1n) is 8.83. The summed E-state index contributed by atoms with van der Waals surface area (Å²) in [6, 6.07) is 18.3. The van der Waals surface area contributed by atoms with Gasteiger partial charge in [0.2, 0.25) is 0 Å². The van der Waals surface area contributed by atoms with Crippen LogP contribution in [0.25, 0.3) is 0 Å². The molecule has 0 atom stereocenters. The van der Waals surface area contributed by atoms with Gasteiger partial charge in [-0.1, -0.05) is 91.0 Å². The Morgan fingerprint density at radius 3 is 0.733 bits per heavy atom. The maximum atomic E-state index is 5.01. The Bertz CT molecular complexity index is 779. The summed E-state index contributed by atoms with van der Waals surface area (Å²) in [5.41, 5.74) is 7.43. The highest BCUT2D eigenvalue weighted by atomic mass is 32.1. The molecule has 0 aliphatic rings. The minimum atomic E-state index is 0. The van der Waals surface area contributed by atoms with E-state index in [1.165, 1.54) is 33.4 Å². The third-order valence-corrected chi connectivity index (χ3v) is 5.37. The zero-order valence-corrected chi connectivity index (χ0v) is 20.6. The molecule has 0 aliphatic carbocycles. The zero-order valence-electron chi connectivity index (χ0n) is 18.1. The summed E-state index contributed by atoms with van der Waals surface area (Å²) in [5.74, 6) is 0. The van der Waals surface area contributed by atoms with E-state index in [9.17, 15) is 0 Å². The molecule has 0 N–H and O–H groups in total. The van der Waals surface area contributed by atoms with Crippen molar-refractivity contribution < 1.29 is 14.1 Å². The second kappa shape index (κ2) is 15.9. The molecular formula is C24H30F3S3. The van der Waals surface area contributed by atoms with Crippen molar-refractivity contribution in [1.82, 2.24) is 0 Å². The molecule has 3 radical (unpaired) electrons. The highest BCUT2D eigenvalue weighted by molar-refractivity contribution is 7.80. The van der Waals surface area contributed by atoms with Crippen molar-refractivity contribution in [2.75, 3.05) is 0 Å². The Morgan fingerprint density at radius 1 is 0.400 bits per heavy atom. The van der Waals surface area contributed by atoms with Crippen LogP contribution in [0.1, 0.15) is 33.4 Å². The van der Waals surface area contributed by atoms with Crippen molar-refractivity contribution in [2.45, 2.75) is 56.2 Å². The standard InChI is InChI=1S/3C8H9S.3FH/c3*1-6-3-4-8(9)7(2)5-6;;;/h3*3-5H,1-2H3;3*1H. The summed E-state index contributed by atoms with van der Waals surface area (Å²) in [4.78, 5) is 2.88. The van der Waals surface area contributed by atoms with E-state index in [1.54, 1.807) is 0 Å². The lowest BCUT2D eigenvalue weighted by molar-refractivity contribution is 1.11. The van der Waals surface area contributed by atoms with Crippen molar-refractivity contribution in [1.29, 1.82) is 0 Å². The number of benzene rings is 3. The summed E-state index contributed by atoms with van der Waals surface area (Å²) in [6.07, 6.45) is 0. The molecule has 3 aromatic rings. The number of rotatable bonds is 0. The second-order valence-corrected chi connectivity index (χ2v) is 8.13. The third-order valence-electron chi connectivity index (χ3n) is 3.99. The molecule has 0 saturated carbocycles. The Labute approximate surface area is 195 Å². The number of hydrogen-bond acceptors (Lipinski definition) is 0. The van der Waals surface area contributed by atoms with E-state index >= 15 is 0 Å².